The molecule has 0 spiro atoms. The highest BCUT2D eigenvalue weighted by Gasteiger charge is 2.59. The quantitative estimate of drug-likeness (QED) is 0.340. The van der Waals surface area contributed by atoms with Crippen molar-refractivity contribution in [2.45, 2.75) is 30.1 Å². The highest BCUT2D eigenvalue weighted by molar-refractivity contribution is 7.72. The number of nitrogens with zero attached hydrogens (tertiary/aromatic N) is 1. The molecule has 2 unspecified atom stereocenters. The van der Waals surface area contributed by atoms with Crippen LogP contribution in [0, 0.1) is 0 Å². The van der Waals surface area contributed by atoms with Gasteiger partial charge in [0.05, 0.1) is 25.9 Å². The van der Waals surface area contributed by atoms with E-state index < -0.39 is 26.7 Å². The molecule has 0 saturated carbocycles. The molecule has 160 valence electrons. The first kappa shape index (κ1) is 23.6. The van der Waals surface area contributed by atoms with E-state index in [1.165, 1.54) is 0 Å². The zero-order valence-electron chi connectivity index (χ0n) is 15.5. The van der Waals surface area contributed by atoms with Crippen LogP contribution >= 0.6 is 15.2 Å². The van der Waals surface area contributed by atoms with Gasteiger partial charge in [0.1, 0.15) is 0 Å². The minimum absolute atomic E-state index is 0.177. The molecule has 12 heteroatoms. The Morgan fingerprint density at radius 2 is 1.75 bits per heavy atom. The Morgan fingerprint density at radius 3 is 2.25 bits per heavy atom. The van der Waals surface area contributed by atoms with Crippen molar-refractivity contribution in [1.29, 1.82) is 0 Å². The lowest BCUT2D eigenvalue weighted by molar-refractivity contribution is -0.117. The maximum absolute atomic E-state index is 11.6. The van der Waals surface area contributed by atoms with Crippen molar-refractivity contribution in [3.8, 4) is 0 Å². The summed E-state index contributed by atoms with van der Waals surface area (Å²) in [5.41, 5.74) is 0.994. The number of aliphatic hydroxyl groups is 1. The van der Waals surface area contributed by atoms with Gasteiger partial charge in [-0.15, -0.1) is 0 Å². The van der Waals surface area contributed by atoms with E-state index in [0.29, 0.717) is 26.2 Å². The van der Waals surface area contributed by atoms with Gasteiger partial charge in [-0.3, -0.25) is 9.13 Å². The minimum Gasteiger partial charge on any atom is -0.376 e. The maximum Gasteiger partial charge on any atom is 0.369 e. The Hall–Kier alpha value is -0.640. The van der Waals surface area contributed by atoms with Crippen molar-refractivity contribution >= 4 is 15.2 Å². The fourth-order valence-electron chi connectivity index (χ4n) is 3.11. The van der Waals surface area contributed by atoms with Gasteiger partial charge in [0.15, 0.2) is 0 Å². The average Bonchev–Trinajstić information content (AvgIpc) is 2.63. The summed E-state index contributed by atoms with van der Waals surface area (Å²) in [6.45, 7) is 1.01. The standard InChI is InChI=1S/C16H27NO9P2/c1-17(8-7-16(18,27(19,20)21)28(22,23)24)14(15-12-25-9-10-26-15)11-13-5-3-2-4-6-13/h2-6,14-15,18H,7-12H2,1H3,(H2,19,20,21)(H2,22,23,24). The van der Waals surface area contributed by atoms with Gasteiger partial charge in [-0.05, 0) is 19.0 Å². The third-order valence-electron chi connectivity index (χ3n) is 4.86. The summed E-state index contributed by atoms with van der Waals surface area (Å²) in [6.07, 6.45) is -0.621. The zero-order valence-corrected chi connectivity index (χ0v) is 17.3. The Bertz CT molecular complexity index is 692. The van der Waals surface area contributed by atoms with E-state index in [1.807, 2.05) is 30.3 Å². The van der Waals surface area contributed by atoms with Gasteiger partial charge in [-0.2, -0.15) is 0 Å². The molecule has 2 atom stereocenters. The monoisotopic (exact) mass is 439 g/mol. The summed E-state index contributed by atoms with van der Waals surface area (Å²) < 4.78 is 34.3. The predicted octanol–water partition coefficient (Wildman–Crippen LogP) is 0.336. The average molecular weight is 439 g/mol. The van der Waals surface area contributed by atoms with E-state index in [1.54, 1.807) is 11.9 Å². The van der Waals surface area contributed by atoms with E-state index in [9.17, 15) is 33.8 Å². The molecule has 0 bridgehead atoms. The summed E-state index contributed by atoms with van der Waals surface area (Å²) in [7, 11) is -9.32. The van der Waals surface area contributed by atoms with Gasteiger partial charge in [0.25, 0.3) is 5.08 Å². The smallest absolute Gasteiger partial charge is 0.369 e. The third kappa shape index (κ3) is 5.70. The van der Waals surface area contributed by atoms with Crippen molar-refractivity contribution in [3.05, 3.63) is 35.9 Å². The first-order valence-electron chi connectivity index (χ1n) is 8.73. The molecule has 1 aromatic rings. The van der Waals surface area contributed by atoms with Crippen LogP contribution in [0.4, 0.5) is 0 Å². The van der Waals surface area contributed by atoms with Gasteiger partial charge in [-0.25, -0.2) is 0 Å². The Balaban J connectivity index is 2.18. The molecular weight excluding hydrogens is 412 g/mol. The molecule has 1 aromatic carbocycles. The fraction of sp³-hybridized carbons (Fsp3) is 0.625. The Labute approximate surface area is 163 Å². The normalized spacial score (nSPS) is 20.3. The number of benzene rings is 1. The van der Waals surface area contributed by atoms with Crippen LogP contribution in [-0.4, -0.2) is 80.2 Å². The molecule has 1 fully saturated rings. The molecule has 1 aliphatic rings. The number of ether oxygens (including phenoxy) is 2. The predicted molar refractivity (Wildman–Crippen MR) is 101 cm³/mol. The second-order valence-corrected chi connectivity index (χ2v) is 10.8. The van der Waals surface area contributed by atoms with E-state index in [2.05, 4.69) is 0 Å². The van der Waals surface area contributed by atoms with Gasteiger partial charge in [0, 0.05) is 19.0 Å². The lowest BCUT2D eigenvalue weighted by Crippen LogP contribution is -2.50. The summed E-state index contributed by atoms with van der Waals surface area (Å²) >= 11 is 0. The molecular formula is C16H27NO9P2. The third-order valence-corrected chi connectivity index (χ3v) is 8.73. The summed E-state index contributed by atoms with van der Waals surface area (Å²) in [5.74, 6) is 0. The lowest BCUT2D eigenvalue weighted by atomic mass is 9.99. The molecule has 28 heavy (non-hydrogen) atoms. The number of hydrogen-bond donors (Lipinski definition) is 5. The number of rotatable bonds is 9. The van der Waals surface area contributed by atoms with Crippen LogP contribution in [0.25, 0.3) is 0 Å². The number of likely N-dealkylation sites (N-methyl/N-ethyl adjacent to an activating group) is 1. The van der Waals surface area contributed by atoms with E-state index >= 15 is 0 Å². The zero-order chi connectivity index (χ0) is 21.0. The topological polar surface area (TPSA) is 157 Å². The van der Waals surface area contributed by atoms with Crippen LogP contribution in [0.1, 0.15) is 12.0 Å². The maximum atomic E-state index is 11.6. The Morgan fingerprint density at radius 1 is 1.14 bits per heavy atom. The van der Waals surface area contributed by atoms with Crippen molar-refractivity contribution in [2.24, 2.45) is 0 Å². The lowest BCUT2D eigenvalue weighted by Gasteiger charge is -2.38. The van der Waals surface area contributed by atoms with E-state index in [0.717, 1.165) is 5.56 Å². The van der Waals surface area contributed by atoms with Crippen molar-refractivity contribution in [1.82, 2.24) is 4.90 Å². The summed E-state index contributed by atoms with van der Waals surface area (Å²) in [6, 6.07) is 9.19. The second kappa shape index (κ2) is 9.45. The summed E-state index contributed by atoms with van der Waals surface area (Å²) in [4.78, 5) is 38.9. The SMILES string of the molecule is CN(CCC(O)(P(=O)(O)O)P(=O)(O)O)C(Cc1ccccc1)C1COCCO1. The van der Waals surface area contributed by atoms with Crippen LogP contribution in [0.2, 0.25) is 0 Å². The molecule has 0 radical (unpaired) electrons. The molecule has 10 nitrogen and oxygen atoms in total. The van der Waals surface area contributed by atoms with Crippen molar-refractivity contribution in [3.63, 3.8) is 0 Å². The summed E-state index contributed by atoms with van der Waals surface area (Å²) in [5, 5.41) is 6.67. The molecule has 1 aliphatic heterocycles. The van der Waals surface area contributed by atoms with Crippen molar-refractivity contribution in [2.75, 3.05) is 33.4 Å². The minimum atomic E-state index is -5.48. The van der Waals surface area contributed by atoms with Crippen LogP contribution in [0.5, 0.6) is 0 Å². The highest BCUT2D eigenvalue weighted by atomic mass is 31.2. The van der Waals surface area contributed by atoms with Gasteiger partial charge >= 0.3 is 15.2 Å². The van der Waals surface area contributed by atoms with E-state index in [4.69, 9.17) is 9.47 Å². The van der Waals surface area contributed by atoms with Gasteiger partial charge in [-0.1, -0.05) is 30.3 Å². The highest BCUT2D eigenvalue weighted by Crippen LogP contribution is 2.68. The van der Waals surface area contributed by atoms with Crippen molar-refractivity contribution < 1.29 is 43.3 Å². The molecule has 1 saturated heterocycles. The molecule has 0 aliphatic carbocycles. The molecule has 0 amide bonds. The molecule has 2 rings (SSSR count). The molecule has 1 heterocycles. The Kier molecular flexibility index (Phi) is 7.98. The van der Waals surface area contributed by atoms with Crippen LogP contribution in [0.3, 0.4) is 0 Å². The van der Waals surface area contributed by atoms with Crippen LogP contribution < -0.4 is 0 Å². The van der Waals surface area contributed by atoms with Gasteiger partial charge in [0.2, 0.25) is 0 Å². The van der Waals surface area contributed by atoms with E-state index in [-0.39, 0.29) is 18.7 Å². The van der Waals surface area contributed by atoms with Crippen LogP contribution in [0.15, 0.2) is 30.3 Å². The number of hydrogen-bond acceptors (Lipinski definition) is 6. The second-order valence-electron chi connectivity index (χ2n) is 6.83. The molecule has 0 aromatic heterocycles. The molecule has 5 N–H and O–H groups in total. The van der Waals surface area contributed by atoms with Crippen LogP contribution in [-0.2, 0) is 25.0 Å². The first-order valence-corrected chi connectivity index (χ1v) is 12.0. The largest absolute Gasteiger partial charge is 0.376 e. The van der Waals surface area contributed by atoms with Gasteiger partial charge < -0.3 is 39.1 Å². The fourth-order valence-corrected chi connectivity index (χ4v) is 5.25. The first-order chi connectivity index (χ1) is 13.0.